The first-order chi connectivity index (χ1) is 13.1. The van der Waals surface area contributed by atoms with Crippen LogP contribution in [0.3, 0.4) is 0 Å². The molecule has 0 saturated carbocycles. The van der Waals surface area contributed by atoms with E-state index in [2.05, 4.69) is 30.9 Å². The minimum Gasteiger partial charge on any atom is -0.486 e. The van der Waals surface area contributed by atoms with Gasteiger partial charge in [0.05, 0.1) is 11.7 Å². The van der Waals surface area contributed by atoms with E-state index in [-0.39, 0.29) is 24.4 Å². The Bertz CT molecular complexity index is 881. The van der Waals surface area contributed by atoms with Crippen molar-refractivity contribution in [1.82, 2.24) is 30.9 Å². The van der Waals surface area contributed by atoms with Gasteiger partial charge in [0.25, 0.3) is 5.91 Å². The Morgan fingerprint density at radius 3 is 2.81 bits per heavy atom. The van der Waals surface area contributed by atoms with Crippen LogP contribution in [0.15, 0.2) is 24.3 Å². The molecule has 2 N–H and O–H groups in total. The molecule has 10 heteroatoms. The number of tetrazole rings is 1. The first kappa shape index (κ1) is 18.9. The molecule has 0 aliphatic heterocycles. The largest absolute Gasteiger partial charge is 0.486 e. The number of carbonyl (C=O) groups is 1. The molecular formula is C17H19FN6O2S. The zero-order valence-corrected chi connectivity index (χ0v) is 15.7. The second kappa shape index (κ2) is 8.67. The summed E-state index contributed by atoms with van der Waals surface area (Å²) in [6, 6.07) is 5.43. The molecular weight excluding hydrogens is 371 g/mol. The Morgan fingerprint density at radius 1 is 1.37 bits per heavy atom. The molecule has 2 aromatic heterocycles. The van der Waals surface area contributed by atoms with Gasteiger partial charge in [0.1, 0.15) is 28.1 Å². The molecule has 3 rings (SSSR count). The molecule has 1 aromatic carbocycles. The number of hydrogen-bond acceptors (Lipinski definition) is 7. The standard InChI is InChI=1S/C17H19FN6O2S/c1-3-4-13(16-21-23-24-22-16)20-17(25)15-10(2)19-14(27-15)9-26-12-7-5-11(18)6-8-12/h5-8,13H,3-4,9H2,1-2H3,(H,20,25)(H,21,22,23,24). The van der Waals surface area contributed by atoms with Crippen molar-refractivity contribution in [3.8, 4) is 5.75 Å². The molecule has 0 bridgehead atoms. The fourth-order valence-corrected chi connectivity index (χ4v) is 3.38. The number of rotatable bonds is 8. The summed E-state index contributed by atoms with van der Waals surface area (Å²) in [5, 5.41) is 17.5. The number of benzene rings is 1. The number of carbonyl (C=O) groups excluding carboxylic acids is 1. The van der Waals surface area contributed by atoms with Crippen molar-refractivity contribution >= 4 is 17.2 Å². The Hall–Kier alpha value is -2.88. The van der Waals surface area contributed by atoms with E-state index in [1.54, 1.807) is 19.1 Å². The van der Waals surface area contributed by atoms with Crippen LogP contribution in [0.4, 0.5) is 4.39 Å². The van der Waals surface area contributed by atoms with Crippen molar-refractivity contribution in [1.29, 1.82) is 0 Å². The van der Waals surface area contributed by atoms with Gasteiger partial charge in [-0.25, -0.2) is 9.37 Å². The summed E-state index contributed by atoms with van der Waals surface area (Å²) in [6.45, 7) is 3.99. The topological polar surface area (TPSA) is 106 Å². The normalized spacial score (nSPS) is 12.0. The minimum atomic E-state index is -0.324. The SMILES string of the molecule is CCCC(NC(=O)c1sc(COc2ccc(F)cc2)nc1C)c1nn[nH]n1. The number of aryl methyl sites for hydroxylation is 1. The van der Waals surface area contributed by atoms with Crippen LogP contribution >= 0.6 is 11.3 Å². The van der Waals surface area contributed by atoms with Gasteiger partial charge in [-0.2, -0.15) is 5.21 Å². The van der Waals surface area contributed by atoms with Crippen molar-refractivity contribution in [3.63, 3.8) is 0 Å². The molecule has 2 heterocycles. The highest BCUT2D eigenvalue weighted by atomic mass is 32.1. The number of nitrogens with zero attached hydrogens (tertiary/aromatic N) is 4. The number of nitrogens with one attached hydrogen (secondary N) is 2. The smallest absolute Gasteiger partial charge is 0.263 e. The van der Waals surface area contributed by atoms with Crippen molar-refractivity contribution in [2.75, 3.05) is 0 Å². The molecule has 142 valence electrons. The Balaban J connectivity index is 1.65. The number of amides is 1. The predicted molar refractivity (Wildman–Crippen MR) is 96.9 cm³/mol. The molecule has 27 heavy (non-hydrogen) atoms. The molecule has 1 amide bonds. The molecule has 3 aromatic rings. The highest BCUT2D eigenvalue weighted by Gasteiger charge is 2.22. The third kappa shape index (κ3) is 4.85. The maximum absolute atomic E-state index is 12.9. The monoisotopic (exact) mass is 390 g/mol. The van der Waals surface area contributed by atoms with Crippen molar-refractivity contribution in [3.05, 3.63) is 51.5 Å². The average Bonchev–Trinajstić information content (AvgIpc) is 3.31. The Kier molecular flexibility index (Phi) is 6.07. The van der Waals surface area contributed by atoms with Crippen LogP contribution < -0.4 is 10.1 Å². The minimum absolute atomic E-state index is 0.202. The first-order valence-electron chi connectivity index (χ1n) is 8.45. The fourth-order valence-electron chi connectivity index (χ4n) is 2.50. The molecule has 0 aliphatic rings. The van der Waals surface area contributed by atoms with Crippen LogP contribution in [0.5, 0.6) is 5.75 Å². The quantitative estimate of drug-likeness (QED) is 0.613. The molecule has 1 unspecified atom stereocenters. The van der Waals surface area contributed by atoms with E-state index in [0.717, 1.165) is 6.42 Å². The van der Waals surface area contributed by atoms with E-state index >= 15 is 0 Å². The van der Waals surface area contributed by atoms with E-state index in [1.165, 1.54) is 23.5 Å². The predicted octanol–water partition coefficient (Wildman–Crippen LogP) is 2.95. The van der Waals surface area contributed by atoms with Crippen molar-refractivity contribution < 1.29 is 13.9 Å². The summed E-state index contributed by atoms with van der Waals surface area (Å²) < 4.78 is 18.5. The third-order valence-electron chi connectivity index (χ3n) is 3.78. The maximum Gasteiger partial charge on any atom is 0.263 e. The summed E-state index contributed by atoms with van der Waals surface area (Å²) in [7, 11) is 0. The van der Waals surface area contributed by atoms with Crippen LogP contribution in [0.2, 0.25) is 0 Å². The lowest BCUT2D eigenvalue weighted by atomic mass is 10.1. The lowest BCUT2D eigenvalue weighted by Gasteiger charge is -2.13. The van der Waals surface area contributed by atoms with Gasteiger partial charge < -0.3 is 10.1 Å². The van der Waals surface area contributed by atoms with Crippen molar-refractivity contribution in [2.24, 2.45) is 0 Å². The van der Waals surface area contributed by atoms with Gasteiger partial charge in [0, 0.05) is 0 Å². The molecule has 0 saturated heterocycles. The lowest BCUT2D eigenvalue weighted by molar-refractivity contribution is 0.0936. The van der Waals surface area contributed by atoms with Crippen LogP contribution in [0, 0.1) is 12.7 Å². The lowest BCUT2D eigenvalue weighted by Crippen LogP contribution is -2.29. The molecule has 0 spiro atoms. The number of aromatic amines is 1. The van der Waals surface area contributed by atoms with Gasteiger partial charge in [-0.05, 0) is 37.6 Å². The van der Waals surface area contributed by atoms with Gasteiger partial charge in [0.2, 0.25) is 0 Å². The number of aromatic nitrogens is 5. The molecule has 1 atom stereocenters. The number of thiazole rings is 1. The Morgan fingerprint density at radius 2 is 2.15 bits per heavy atom. The highest BCUT2D eigenvalue weighted by molar-refractivity contribution is 7.13. The van der Waals surface area contributed by atoms with Gasteiger partial charge in [0.15, 0.2) is 5.82 Å². The van der Waals surface area contributed by atoms with E-state index in [4.69, 9.17) is 4.74 Å². The van der Waals surface area contributed by atoms with Gasteiger partial charge in [-0.1, -0.05) is 18.6 Å². The van der Waals surface area contributed by atoms with E-state index in [0.29, 0.717) is 33.6 Å². The van der Waals surface area contributed by atoms with Gasteiger partial charge >= 0.3 is 0 Å². The highest BCUT2D eigenvalue weighted by Crippen LogP contribution is 2.22. The number of ether oxygens (including phenoxy) is 1. The summed E-state index contributed by atoms with van der Waals surface area (Å²) >= 11 is 1.26. The van der Waals surface area contributed by atoms with Crippen LogP contribution in [-0.2, 0) is 6.61 Å². The summed E-state index contributed by atoms with van der Waals surface area (Å²) in [5.74, 6) is 0.429. The van der Waals surface area contributed by atoms with Crippen LogP contribution in [0.1, 0.15) is 52.0 Å². The summed E-state index contributed by atoms with van der Waals surface area (Å²) in [4.78, 5) is 17.6. The molecule has 0 radical (unpaired) electrons. The van der Waals surface area contributed by atoms with E-state index < -0.39 is 0 Å². The number of H-pyrrole nitrogens is 1. The average molecular weight is 390 g/mol. The third-order valence-corrected chi connectivity index (χ3v) is 4.91. The fraction of sp³-hybridized carbons (Fsp3) is 0.353. The van der Waals surface area contributed by atoms with Crippen LogP contribution in [-0.4, -0.2) is 31.5 Å². The van der Waals surface area contributed by atoms with E-state index in [9.17, 15) is 9.18 Å². The van der Waals surface area contributed by atoms with Gasteiger partial charge in [-0.3, -0.25) is 4.79 Å². The molecule has 0 aliphatic carbocycles. The van der Waals surface area contributed by atoms with E-state index in [1.807, 2.05) is 6.92 Å². The van der Waals surface area contributed by atoms with Crippen molar-refractivity contribution in [2.45, 2.75) is 39.3 Å². The Labute approximate surface area is 159 Å². The number of hydrogen-bond donors (Lipinski definition) is 2. The summed E-state index contributed by atoms with van der Waals surface area (Å²) in [5.41, 5.74) is 0.624. The van der Waals surface area contributed by atoms with Gasteiger partial charge in [-0.15, -0.1) is 21.5 Å². The second-order valence-corrected chi connectivity index (χ2v) is 6.93. The second-order valence-electron chi connectivity index (χ2n) is 5.85. The first-order valence-corrected chi connectivity index (χ1v) is 9.27. The van der Waals surface area contributed by atoms with Crippen LogP contribution in [0.25, 0.3) is 0 Å². The molecule has 0 fully saturated rings. The molecule has 8 nitrogen and oxygen atoms in total. The summed E-state index contributed by atoms with van der Waals surface area (Å²) in [6.07, 6.45) is 1.56. The zero-order valence-electron chi connectivity index (χ0n) is 14.9. The zero-order chi connectivity index (χ0) is 19.2. The maximum atomic E-state index is 12.9. The number of halogens is 1.